The van der Waals surface area contributed by atoms with Crippen molar-refractivity contribution < 1.29 is 14.1 Å². The Morgan fingerprint density at radius 2 is 1.50 bits per heavy atom. The highest BCUT2D eigenvalue weighted by Gasteiger charge is 2.22. The molecule has 1 heterocycles. The third-order valence-electron chi connectivity index (χ3n) is 4.22. The molecule has 1 atom stereocenters. The van der Waals surface area contributed by atoms with Crippen LogP contribution in [0.4, 0.5) is 0 Å². The van der Waals surface area contributed by atoms with Crippen molar-refractivity contribution in [3.8, 4) is 0 Å². The molecular weight excluding hydrogens is 298 g/mol. The molecule has 0 saturated carbocycles. The van der Waals surface area contributed by atoms with Gasteiger partial charge >= 0.3 is 12.2 Å². The fourth-order valence-electron chi connectivity index (χ4n) is 2.73. The van der Waals surface area contributed by atoms with Gasteiger partial charge in [-0.3, -0.25) is 0 Å². The van der Waals surface area contributed by atoms with E-state index in [9.17, 15) is 4.79 Å². The number of rotatable bonds is 13. The zero-order chi connectivity index (χ0) is 17.6. The topological polar surface area (TPSA) is 30.2 Å². The number of pyridine rings is 1. The Labute approximate surface area is 147 Å². The Balaban J connectivity index is 2.30. The molecule has 0 amide bonds. The van der Waals surface area contributed by atoms with Crippen molar-refractivity contribution in [3.05, 3.63) is 42.7 Å². The van der Waals surface area contributed by atoms with Gasteiger partial charge in [0, 0.05) is 24.1 Å². The van der Waals surface area contributed by atoms with Crippen molar-refractivity contribution >= 4 is 5.97 Å². The second-order valence-corrected chi connectivity index (χ2v) is 6.58. The predicted molar refractivity (Wildman–Crippen MR) is 98.4 cm³/mol. The molecule has 0 spiro atoms. The summed E-state index contributed by atoms with van der Waals surface area (Å²) in [6, 6.07) is 5.88. The van der Waals surface area contributed by atoms with Crippen LogP contribution in [0.2, 0.25) is 0 Å². The lowest BCUT2D eigenvalue weighted by atomic mass is 10.1. The molecule has 0 aliphatic heterocycles. The molecule has 0 N–H and O–H groups in total. The van der Waals surface area contributed by atoms with Gasteiger partial charge in [0.15, 0.2) is 12.4 Å². The number of carbonyl (C=O) groups is 1. The first-order valence-corrected chi connectivity index (χ1v) is 9.47. The van der Waals surface area contributed by atoms with Crippen LogP contribution in [0.1, 0.15) is 84.3 Å². The summed E-state index contributed by atoms with van der Waals surface area (Å²) in [6.07, 6.45) is 16.1. The summed E-state index contributed by atoms with van der Waals surface area (Å²) in [5.74, 6) is -0.313. The highest BCUT2D eigenvalue weighted by atomic mass is 16.6. The third kappa shape index (κ3) is 8.85. The van der Waals surface area contributed by atoms with E-state index >= 15 is 0 Å². The predicted octanol–water partition coefficient (Wildman–Crippen LogP) is 5.51. The lowest BCUT2D eigenvalue weighted by Gasteiger charge is -2.13. The molecule has 0 aliphatic rings. The standard InChI is InChI=1S/C21H34NO2/c1-4-5-6-7-8-9-10-11-13-16-20(24-21(23)19(2)3)22-17-14-12-15-18-22/h12,14-15,17-18,20H,2,4-11,13,16H2,1,3H3/q+1. The van der Waals surface area contributed by atoms with Crippen LogP contribution in [-0.2, 0) is 9.53 Å². The first kappa shape index (κ1) is 20.4. The summed E-state index contributed by atoms with van der Waals surface area (Å²) in [5.41, 5.74) is 0.448. The lowest BCUT2D eigenvalue weighted by molar-refractivity contribution is -0.757. The quantitative estimate of drug-likeness (QED) is 0.206. The number of ether oxygens (including phenoxy) is 1. The minimum absolute atomic E-state index is 0.236. The lowest BCUT2D eigenvalue weighted by Crippen LogP contribution is -2.41. The van der Waals surface area contributed by atoms with Crippen molar-refractivity contribution in [3.63, 3.8) is 0 Å². The van der Waals surface area contributed by atoms with E-state index < -0.39 is 0 Å². The summed E-state index contributed by atoms with van der Waals surface area (Å²) in [5, 5.41) is 0. The molecule has 3 heteroatoms. The zero-order valence-corrected chi connectivity index (χ0v) is 15.5. The Morgan fingerprint density at radius 3 is 2.04 bits per heavy atom. The van der Waals surface area contributed by atoms with Crippen LogP contribution in [0.25, 0.3) is 0 Å². The number of aromatic nitrogens is 1. The zero-order valence-electron chi connectivity index (χ0n) is 15.5. The van der Waals surface area contributed by atoms with Crippen molar-refractivity contribution in [2.24, 2.45) is 0 Å². The maximum atomic E-state index is 11.9. The molecular formula is C21H34NO2+. The Morgan fingerprint density at radius 1 is 0.958 bits per heavy atom. The SMILES string of the molecule is C=C(C)C(=O)OC(CCCCCCCCCCC)[n+]1ccccc1. The van der Waals surface area contributed by atoms with E-state index in [1.54, 1.807) is 6.92 Å². The molecule has 3 nitrogen and oxygen atoms in total. The summed E-state index contributed by atoms with van der Waals surface area (Å²) in [6.45, 7) is 7.61. The largest absolute Gasteiger partial charge is 0.399 e. The van der Waals surface area contributed by atoms with E-state index in [1.165, 1.54) is 51.4 Å². The molecule has 0 bridgehead atoms. The van der Waals surface area contributed by atoms with Crippen LogP contribution in [0.5, 0.6) is 0 Å². The van der Waals surface area contributed by atoms with Gasteiger partial charge < -0.3 is 4.74 Å². The number of hydrogen-bond donors (Lipinski definition) is 0. The van der Waals surface area contributed by atoms with Crippen LogP contribution >= 0.6 is 0 Å². The van der Waals surface area contributed by atoms with Gasteiger partial charge in [0.25, 0.3) is 0 Å². The average molecular weight is 333 g/mol. The van der Waals surface area contributed by atoms with Crippen LogP contribution in [0, 0.1) is 0 Å². The second kappa shape index (κ2) is 12.7. The maximum Gasteiger partial charge on any atom is 0.338 e. The van der Waals surface area contributed by atoms with Crippen molar-refractivity contribution in [1.29, 1.82) is 0 Å². The van der Waals surface area contributed by atoms with Gasteiger partial charge in [0.2, 0.25) is 0 Å². The molecule has 1 rings (SSSR count). The Kier molecular flexibility index (Phi) is 10.8. The second-order valence-electron chi connectivity index (χ2n) is 6.58. The van der Waals surface area contributed by atoms with Crippen molar-refractivity contribution in [2.45, 2.75) is 84.3 Å². The normalized spacial score (nSPS) is 11.9. The van der Waals surface area contributed by atoms with E-state index in [1.807, 2.05) is 35.2 Å². The van der Waals surface area contributed by atoms with E-state index in [0.29, 0.717) is 5.57 Å². The number of nitrogens with zero attached hydrogens (tertiary/aromatic N) is 1. The van der Waals surface area contributed by atoms with Gasteiger partial charge in [-0.15, -0.1) is 0 Å². The highest BCUT2D eigenvalue weighted by molar-refractivity contribution is 5.86. The molecule has 0 aliphatic carbocycles. The molecule has 1 aromatic heterocycles. The molecule has 0 fully saturated rings. The number of hydrogen-bond acceptors (Lipinski definition) is 2. The maximum absolute atomic E-state index is 11.9. The number of esters is 1. The van der Waals surface area contributed by atoms with Gasteiger partial charge in [-0.25, -0.2) is 4.79 Å². The van der Waals surface area contributed by atoms with Crippen LogP contribution in [0.3, 0.4) is 0 Å². The van der Waals surface area contributed by atoms with Gasteiger partial charge in [0.05, 0.1) is 0 Å². The summed E-state index contributed by atoms with van der Waals surface area (Å²) in [7, 11) is 0. The average Bonchev–Trinajstić information content (AvgIpc) is 2.59. The highest BCUT2D eigenvalue weighted by Crippen LogP contribution is 2.16. The van der Waals surface area contributed by atoms with Gasteiger partial charge in [-0.05, 0) is 13.3 Å². The Hall–Kier alpha value is -1.64. The summed E-state index contributed by atoms with van der Waals surface area (Å²) >= 11 is 0. The van der Waals surface area contributed by atoms with Crippen molar-refractivity contribution in [2.75, 3.05) is 0 Å². The van der Waals surface area contributed by atoms with E-state index in [2.05, 4.69) is 13.5 Å². The van der Waals surface area contributed by atoms with Gasteiger partial charge in [-0.1, -0.05) is 70.9 Å². The van der Waals surface area contributed by atoms with E-state index in [4.69, 9.17) is 4.74 Å². The van der Waals surface area contributed by atoms with Crippen molar-refractivity contribution in [1.82, 2.24) is 0 Å². The summed E-state index contributed by atoms with van der Waals surface area (Å²) < 4.78 is 7.56. The van der Waals surface area contributed by atoms with E-state index in [0.717, 1.165) is 12.8 Å². The molecule has 1 unspecified atom stereocenters. The number of carbonyl (C=O) groups excluding carboxylic acids is 1. The van der Waals surface area contributed by atoms with Gasteiger partial charge in [0.1, 0.15) is 0 Å². The fourth-order valence-corrected chi connectivity index (χ4v) is 2.73. The molecule has 0 radical (unpaired) electrons. The molecule has 0 saturated heterocycles. The van der Waals surface area contributed by atoms with Crippen LogP contribution < -0.4 is 4.57 Å². The minimum atomic E-state index is -0.313. The minimum Gasteiger partial charge on any atom is -0.399 e. The summed E-state index contributed by atoms with van der Waals surface area (Å²) in [4.78, 5) is 11.9. The molecule has 24 heavy (non-hydrogen) atoms. The smallest absolute Gasteiger partial charge is 0.338 e. The molecule has 1 aromatic rings. The molecule has 0 aromatic carbocycles. The van der Waals surface area contributed by atoms with Crippen LogP contribution in [0.15, 0.2) is 42.7 Å². The number of unbranched alkanes of at least 4 members (excludes halogenated alkanes) is 8. The van der Waals surface area contributed by atoms with Gasteiger partial charge in [-0.2, -0.15) is 4.57 Å². The molecule has 134 valence electrons. The monoisotopic (exact) mass is 332 g/mol. The van der Waals surface area contributed by atoms with Crippen LogP contribution in [-0.4, -0.2) is 5.97 Å². The fraction of sp³-hybridized carbons (Fsp3) is 0.619. The third-order valence-corrected chi connectivity index (χ3v) is 4.22. The first-order valence-electron chi connectivity index (χ1n) is 9.47. The Bertz CT molecular complexity index is 470. The van der Waals surface area contributed by atoms with E-state index in [-0.39, 0.29) is 12.2 Å². The first-order chi connectivity index (χ1) is 11.6.